The van der Waals surface area contributed by atoms with Crippen molar-refractivity contribution in [2.45, 2.75) is 40.7 Å². The number of hydrogen-bond donors (Lipinski definition) is 1. The molecule has 1 amide bonds. The maximum absolute atomic E-state index is 12.3. The molecule has 2 aromatic rings. The number of aromatic nitrogens is 2. The Labute approximate surface area is 135 Å². The number of carbonyl (C=O) groups is 1. The lowest BCUT2D eigenvalue weighted by Crippen LogP contribution is -2.33. The number of carbonyl (C=O) groups excluding carboxylic acids is 1. The number of pyridine rings is 1. The van der Waals surface area contributed by atoms with E-state index in [4.69, 9.17) is 4.52 Å². The topological polar surface area (TPSA) is 77.1 Å². The molecule has 0 aliphatic heterocycles. The predicted octanol–water partition coefficient (Wildman–Crippen LogP) is 2.12. The van der Waals surface area contributed by atoms with Crippen LogP contribution in [0.25, 0.3) is 0 Å². The molecule has 0 spiro atoms. The van der Waals surface area contributed by atoms with Crippen molar-refractivity contribution >= 4 is 5.91 Å². The van der Waals surface area contributed by atoms with Gasteiger partial charge in [0.05, 0.1) is 6.54 Å². The Morgan fingerprint density at radius 3 is 2.70 bits per heavy atom. The Morgan fingerprint density at radius 1 is 1.35 bits per heavy atom. The van der Waals surface area contributed by atoms with E-state index in [2.05, 4.69) is 24.3 Å². The van der Waals surface area contributed by atoms with Gasteiger partial charge in [-0.2, -0.15) is 0 Å². The molecule has 0 aliphatic carbocycles. The van der Waals surface area contributed by atoms with Gasteiger partial charge in [-0.1, -0.05) is 19.0 Å². The van der Waals surface area contributed by atoms with Gasteiger partial charge in [-0.05, 0) is 31.4 Å². The zero-order valence-electron chi connectivity index (χ0n) is 14.3. The molecule has 2 rings (SSSR count). The fraction of sp³-hybridized carbons (Fsp3) is 0.471. The summed E-state index contributed by atoms with van der Waals surface area (Å²) >= 11 is 0. The predicted molar refractivity (Wildman–Crippen MR) is 87.4 cm³/mol. The molecule has 0 bridgehead atoms. The third kappa shape index (κ3) is 3.88. The number of aryl methyl sites for hydroxylation is 2. The van der Waals surface area contributed by atoms with Crippen LogP contribution in [0.1, 0.15) is 46.9 Å². The lowest BCUT2D eigenvalue weighted by atomic mass is 10.1. The summed E-state index contributed by atoms with van der Waals surface area (Å²) in [5, 5.41) is 6.67. The molecule has 0 aliphatic rings. The molecule has 6 heteroatoms. The van der Waals surface area contributed by atoms with Gasteiger partial charge < -0.3 is 14.4 Å². The van der Waals surface area contributed by atoms with E-state index in [0.717, 1.165) is 17.9 Å². The minimum atomic E-state index is -0.392. The van der Waals surface area contributed by atoms with E-state index in [0.29, 0.717) is 17.2 Å². The molecule has 23 heavy (non-hydrogen) atoms. The van der Waals surface area contributed by atoms with Crippen LogP contribution in [-0.2, 0) is 20.0 Å². The Balaban J connectivity index is 2.10. The van der Waals surface area contributed by atoms with Crippen molar-refractivity contribution in [3.63, 3.8) is 0 Å². The maximum atomic E-state index is 12.3. The highest BCUT2D eigenvalue weighted by molar-refractivity contribution is 5.95. The summed E-state index contributed by atoms with van der Waals surface area (Å²) in [7, 11) is 1.66. The summed E-state index contributed by atoms with van der Waals surface area (Å²) in [4.78, 5) is 24.6. The van der Waals surface area contributed by atoms with E-state index in [9.17, 15) is 9.59 Å². The SMILES string of the molecule is Cc1cc(C)n(C)c(=O)c1C(=O)NCc1cc(CC(C)C)on1. The highest BCUT2D eigenvalue weighted by Crippen LogP contribution is 2.10. The molecule has 0 saturated carbocycles. The van der Waals surface area contributed by atoms with Crippen LogP contribution in [0.2, 0.25) is 0 Å². The average Bonchev–Trinajstić information content (AvgIpc) is 2.89. The van der Waals surface area contributed by atoms with Crippen molar-refractivity contribution in [2.75, 3.05) is 0 Å². The minimum Gasteiger partial charge on any atom is -0.361 e. The zero-order valence-corrected chi connectivity index (χ0v) is 14.3. The molecule has 1 N–H and O–H groups in total. The highest BCUT2D eigenvalue weighted by atomic mass is 16.5. The third-order valence-electron chi connectivity index (χ3n) is 3.74. The highest BCUT2D eigenvalue weighted by Gasteiger charge is 2.16. The summed E-state index contributed by atoms with van der Waals surface area (Å²) in [5.74, 6) is 0.881. The first kappa shape index (κ1) is 17.0. The lowest BCUT2D eigenvalue weighted by molar-refractivity contribution is 0.0947. The molecule has 2 heterocycles. The standard InChI is InChI=1S/C17H23N3O3/c1-10(2)6-14-8-13(19-23-14)9-18-16(21)15-11(3)7-12(4)20(5)17(15)22/h7-8,10H,6,9H2,1-5H3,(H,18,21). The van der Waals surface area contributed by atoms with Gasteiger partial charge in [0.25, 0.3) is 11.5 Å². The first-order valence-corrected chi connectivity index (χ1v) is 7.69. The molecule has 0 aromatic carbocycles. The van der Waals surface area contributed by atoms with Gasteiger partial charge in [0.15, 0.2) is 0 Å². The van der Waals surface area contributed by atoms with E-state index in [-0.39, 0.29) is 17.7 Å². The van der Waals surface area contributed by atoms with Crippen LogP contribution in [0.5, 0.6) is 0 Å². The average molecular weight is 317 g/mol. The van der Waals surface area contributed by atoms with E-state index < -0.39 is 5.91 Å². The van der Waals surface area contributed by atoms with Gasteiger partial charge in [-0.15, -0.1) is 0 Å². The van der Waals surface area contributed by atoms with Crippen molar-refractivity contribution in [2.24, 2.45) is 13.0 Å². The van der Waals surface area contributed by atoms with E-state index in [1.54, 1.807) is 14.0 Å². The second-order valence-corrected chi connectivity index (χ2v) is 6.27. The van der Waals surface area contributed by atoms with Gasteiger partial charge in [0.1, 0.15) is 17.0 Å². The summed E-state index contributed by atoms with van der Waals surface area (Å²) in [5.41, 5.74) is 2.02. The van der Waals surface area contributed by atoms with Gasteiger partial charge in [0, 0.05) is 25.2 Å². The van der Waals surface area contributed by atoms with Crippen LogP contribution in [0.3, 0.4) is 0 Å². The monoisotopic (exact) mass is 317 g/mol. The van der Waals surface area contributed by atoms with Crippen LogP contribution < -0.4 is 10.9 Å². The van der Waals surface area contributed by atoms with Crippen LogP contribution in [-0.4, -0.2) is 15.6 Å². The molecular formula is C17H23N3O3. The zero-order chi connectivity index (χ0) is 17.1. The van der Waals surface area contributed by atoms with Crippen molar-refractivity contribution in [3.05, 3.63) is 50.8 Å². The quantitative estimate of drug-likeness (QED) is 0.916. The van der Waals surface area contributed by atoms with Crippen LogP contribution in [0.4, 0.5) is 0 Å². The summed E-state index contributed by atoms with van der Waals surface area (Å²) in [6, 6.07) is 3.66. The smallest absolute Gasteiger partial charge is 0.263 e. The summed E-state index contributed by atoms with van der Waals surface area (Å²) < 4.78 is 6.70. The van der Waals surface area contributed by atoms with Crippen molar-refractivity contribution < 1.29 is 9.32 Å². The van der Waals surface area contributed by atoms with Gasteiger partial charge >= 0.3 is 0 Å². The second kappa shape index (κ2) is 6.81. The van der Waals surface area contributed by atoms with Crippen LogP contribution >= 0.6 is 0 Å². The van der Waals surface area contributed by atoms with E-state index >= 15 is 0 Å². The van der Waals surface area contributed by atoms with Crippen LogP contribution in [0.15, 0.2) is 21.5 Å². The Morgan fingerprint density at radius 2 is 2.04 bits per heavy atom. The first-order valence-electron chi connectivity index (χ1n) is 7.69. The maximum Gasteiger partial charge on any atom is 0.263 e. The van der Waals surface area contributed by atoms with E-state index in [1.807, 2.05) is 19.1 Å². The Hall–Kier alpha value is -2.37. The van der Waals surface area contributed by atoms with Crippen molar-refractivity contribution in [1.29, 1.82) is 0 Å². The fourth-order valence-corrected chi connectivity index (χ4v) is 2.45. The number of nitrogens with one attached hydrogen (secondary N) is 1. The summed E-state index contributed by atoms with van der Waals surface area (Å²) in [6.45, 7) is 8.03. The van der Waals surface area contributed by atoms with Gasteiger partial charge in [0.2, 0.25) is 0 Å². The largest absolute Gasteiger partial charge is 0.361 e. The van der Waals surface area contributed by atoms with Crippen molar-refractivity contribution in [1.82, 2.24) is 15.0 Å². The fourth-order valence-electron chi connectivity index (χ4n) is 2.45. The van der Waals surface area contributed by atoms with Crippen molar-refractivity contribution in [3.8, 4) is 0 Å². The molecule has 2 aromatic heterocycles. The second-order valence-electron chi connectivity index (χ2n) is 6.27. The molecule has 0 atom stereocenters. The molecule has 0 radical (unpaired) electrons. The number of amides is 1. The van der Waals surface area contributed by atoms with Crippen LogP contribution in [0, 0.1) is 19.8 Å². The molecule has 0 fully saturated rings. The normalized spacial score (nSPS) is 11.0. The molecule has 0 saturated heterocycles. The first-order chi connectivity index (χ1) is 10.8. The molecular weight excluding hydrogens is 294 g/mol. The lowest BCUT2D eigenvalue weighted by Gasteiger charge is -2.10. The molecule has 0 unspecified atom stereocenters. The van der Waals surface area contributed by atoms with E-state index in [1.165, 1.54) is 4.57 Å². The number of hydrogen-bond acceptors (Lipinski definition) is 4. The van der Waals surface area contributed by atoms with Gasteiger partial charge in [-0.3, -0.25) is 9.59 Å². The molecule has 6 nitrogen and oxygen atoms in total. The third-order valence-corrected chi connectivity index (χ3v) is 3.74. The Kier molecular flexibility index (Phi) is 5.03. The number of rotatable bonds is 5. The minimum absolute atomic E-state index is 0.170. The Bertz CT molecular complexity index is 772. The van der Waals surface area contributed by atoms with Gasteiger partial charge in [-0.25, -0.2) is 0 Å². The number of nitrogens with zero attached hydrogens (tertiary/aromatic N) is 2. The summed E-state index contributed by atoms with van der Waals surface area (Å²) in [6.07, 6.45) is 0.804. The molecule has 124 valence electrons.